The van der Waals surface area contributed by atoms with Gasteiger partial charge in [-0.15, -0.1) is 0 Å². The number of benzene rings is 3. The number of imide groups is 1. The minimum Gasteiger partial charge on any atom is -0.372 e. The van der Waals surface area contributed by atoms with Crippen LogP contribution in [0.15, 0.2) is 73.1 Å². The maximum absolute atomic E-state index is 15.8. The average Bonchev–Trinajstić information content (AvgIpc) is 3.59. The van der Waals surface area contributed by atoms with E-state index in [1.165, 1.54) is 11.8 Å². The molecule has 1 unspecified atom stereocenters. The summed E-state index contributed by atoms with van der Waals surface area (Å²) in [6.07, 6.45) is 6.67. The van der Waals surface area contributed by atoms with Crippen molar-refractivity contribution in [1.82, 2.24) is 29.4 Å². The van der Waals surface area contributed by atoms with Crippen molar-refractivity contribution in [3.63, 3.8) is 0 Å². The highest BCUT2D eigenvalue weighted by Crippen LogP contribution is 2.56. The minimum atomic E-state index is -4.35. The third-order valence-electron chi connectivity index (χ3n) is 15.1. The molecule has 67 heavy (non-hydrogen) atoms. The predicted molar refractivity (Wildman–Crippen MR) is 243 cm³/mol. The molecule has 4 saturated heterocycles. The van der Waals surface area contributed by atoms with E-state index in [1.807, 2.05) is 24.3 Å². The van der Waals surface area contributed by atoms with Crippen LogP contribution in [0, 0.1) is 23.5 Å². The van der Waals surface area contributed by atoms with Crippen molar-refractivity contribution in [3.8, 4) is 11.1 Å². The van der Waals surface area contributed by atoms with Crippen LogP contribution in [-0.2, 0) is 31.8 Å². The Morgan fingerprint density at radius 2 is 1.67 bits per heavy atom. The van der Waals surface area contributed by atoms with Crippen molar-refractivity contribution >= 4 is 56.1 Å². The van der Waals surface area contributed by atoms with E-state index in [-0.39, 0.29) is 48.7 Å². The minimum absolute atomic E-state index is 0.00621. The molecule has 3 aromatic carbocycles. The zero-order chi connectivity index (χ0) is 46.4. The number of anilines is 2. The summed E-state index contributed by atoms with van der Waals surface area (Å²) >= 11 is 0. The highest BCUT2D eigenvalue weighted by atomic mass is 32.2. The topological polar surface area (TPSA) is 168 Å². The molecule has 0 radical (unpaired) electrons. The fraction of sp³-hybridized carbons (Fsp3) is 0.408. The summed E-state index contributed by atoms with van der Waals surface area (Å²) in [6, 6.07) is 17.2. The first-order valence-corrected chi connectivity index (χ1v) is 24.5. The van der Waals surface area contributed by atoms with Crippen molar-refractivity contribution in [3.05, 3.63) is 113 Å². The fourth-order valence-corrected chi connectivity index (χ4v) is 12.3. The van der Waals surface area contributed by atoms with Gasteiger partial charge in [0.25, 0.3) is 5.91 Å². The number of nitrogens with zero attached hydrogens (tertiary/aromatic N) is 5. The highest BCUT2D eigenvalue weighted by molar-refractivity contribution is 7.90. The molecule has 6 aliphatic rings. The SMILES string of the molecule is O=C1CCC(N2Cc3cc(N4CCC(CN5CC(C6(c7ccc(-c8cnc9[nH]cc(C(=O)c%10c(F)ccc(NS(=O)(=O)N%11CC[C@@H](F)C%11)c%10F)c9c8)cc7)CC6)C5)CC4)ccc3C2=O)C(=O)N1. The van der Waals surface area contributed by atoms with E-state index in [0.717, 1.165) is 91.7 Å². The molecule has 348 valence electrons. The first-order chi connectivity index (χ1) is 32.2. The molecule has 2 aromatic heterocycles. The summed E-state index contributed by atoms with van der Waals surface area (Å²) < 4.78 is 73.3. The Balaban J connectivity index is 0.699. The molecular weight excluding hydrogens is 886 g/mol. The van der Waals surface area contributed by atoms with E-state index in [9.17, 15) is 32.0 Å². The summed E-state index contributed by atoms with van der Waals surface area (Å²) in [5.41, 5.74) is 4.42. The number of halogens is 3. The lowest BCUT2D eigenvalue weighted by molar-refractivity contribution is -0.136. The second kappa shape index (κ2) is 16.6. The fourth-order valence-electron chi connectivity index (χ4n) is 11.1. The van der Waals surface area contributed by atoms with Crippen molar-refractivity contribution in [2.45, 2.75) is 69.1 Å². The van der Waals surface area contributed by atoms with E-state index in [1.54, 1.807) is 17.2 Å². The van der Waals surface area contributed by atoms with Crippen molar-refractivity contribution in [1.29, 1.82) is 0 Å². The Bertz CT molecular complexity index is 2970. The number of aromatic amines is 1. The molecule has 1 saturated carbocycles. The van der Waals surface area contributed by atoms with Gasteiger partial charge in [-0.2, -0.15) is 12.7 Å². The van der Waals surface area contributed by atoms with Crippen LogP contribution in [0.25, 0.3) is 22.2 Å². The number of fused-ring (bicyclic) bond motifs is 2. The van der Waals surface area contributed by atoms with Crippen molar-refractivity contribution in [2.75, 3.05) is 55.4 Å². The Kier molecular flexibility index (Phi) is 10.8. The molecule has 0 bridgehead atoms. The largest absolute Gasteiger partial charge is 0.372 e. The number of carbonyl (C=O) groups excluding carboxylic acids is 4. The predicted octanol–water partition coefficient (Wildman–Crippen LogP) is 6.08. The first kappa shape index (κ1) is 43.5. The van der Waals surface area contributed by atoms with Crippen LogP contribution in [0.2, 0.25) is 0 Å². The van der Waals surface area contributed by atoms with Crippen LogP contribution in [0.5, 0.6) is 0 Å². The standard InChI is InChI=1S/C49H49F3N8O6S/c50-34-13-18-59(27-34)67(65,66)56-40-8-7-39(51)43(44(40)52)45(62)38-22-54-46-37(38)20-30(21-53-46)29-1-3-32(4-2-29)49(14-15-49)33-25-57(26-33)23-28-11-16-58(17-12-28)35-5-6-36-31(19-35)24-60(48(36)64)41-9-10-42(61)55-47(41)63/h1-8,19-22,28,33-34,41,56H,9-18,23-27H2,(H,53,54)(H,55,61,63)/t34-,41?/m1/s1. The van der Waals surface area contributed by atoms with Gasteiger partial charge in [-0.1, -0.05) is 24.3 Å². The van der Waals surface area contributed by atoms with E-state index in [4.69, 9.17) is 0 Å². The summed E-state index contributed by atoms with van der Waals surface area (Å²) in [4.78, 5) is 65.1. The molecule has 3 amide bonds. The van der Waals surface area contributed by atoms with E-state index < -0.39 is 57.0 Å². The maximum atomic E-state index is 15.8. The zero-order valence-electron chi connectivity index (χ0n) is 36.6. The number of amides is 3. The third kappa shape index (κ3) is 7.85. The maximum Gasteiger partial charge on any atom is 0.301 e. The van der Waals surface area contributed by atoms with Gasteiger partial charge in [0.1, 0.15) is 23.7 Å². The Labute approximate surface area is 385 Å². The molecule has 5 fully saturated rings. The number of alkyl halides is 1. The van der Waals surface area contributed by atoms with Gasteiger partial charge < -0.3 is 19.7 Å². The molecule has 0 spiro atoms. The second-order valence-corrected chi connectivity index (χ2v) is 20.8. The molecule has 2 atom stereocenters. The van der Waals surface area contributed by atoms with Crippen LogP contribution >= 0.6 is 0 Å². The van der Waals surface area contributed by atoms with Gasteiger partial charge in [0.15, 0.2) is 5.82 Å². The number of carbonyl (C=O) groups is 4. The number of hydrogen-bond donors (Lipinski definition) is 3. The molecule has 11 rings (SSSR count). The van der Waals surface area contributed by atoms with Gasteiger partial charge in [-0.05, 0) is 103 Å². The van der Waals surface area contributed by atoms with E-state index >= 15 is 8.78 Å². The average molecular weight is 935 g/mol. The number of H-pyrrole nitrogens is 1. The summed E-state index contributed by atoms with van der Waals surface area (Å²) in [5, 5.41) is 2.72. The molecule has 3 N–H and O–H groups in total. The van der Waals surface area contributed by atoms with Gasteiger partial charge in [0.2, 0.25) is 17.6 Å². The van der Waals surface area contributed by atoms with Gasteiger partial charge in [-0.25, -0.2) is 18.2 Å². The van der Waals surface area contributed by atoms with Gasteiger partial charge in [-0.3, -0.25) is 29.2 Å². The number of pyridine rings is 1. The lowest BCUT2D eigenvalue weighted by Gasteiger charge is -2.46. The normalized spacial score (nSPS) is 22.6. The zero-order valence-corrected chi connectivity index (χ0v) is 37.4. The number of likely N-dealkylation sites (tertiary alicyclic amines) is 1. The van der Waals surface area contributed by atoms with Crippen LogP contribution in [0.1, 0.15) is 82.4 Å². The van der Waals surface area contributed by atoms with E-state index in [0.29, 0.717) is 47.0 Å². The van der Waals surface area contributed by atoms with Crippen molar-refractivity contribution in [2.24, 2.45) is 11.8 Å². The van der Waals surface area contributed by atoms with Gasteiger partial charge in [0.05, 0.1) is 11.3 Å². The van der Waals surface area contributed by atoms with Gasteiger partial charge >= 0.3 is 10.2 Å². The molecule has 1 aliphatic carbocycles. The van der Waals surface area contributed by atoms with Crippen LogP contribution in [-0.4, -0.2) is 114 Å². The van der Waals surface area contributed by atoms with Crippen molar-refractivity contribution < 1.29 is 40.8 Å². The number of ketones is 1. The molecule has 5 aromatic rings. The van der Waals surface area contributed by atoms with Crippen LogP contribution in [0.3, 0.4) is 0 Å². The number of rotatable bonds is 12. The quantitative estimate of drug-likeness (QED) is 0.0993. The molecular formula is C49H49F3N8O6S. The molecule has 18 heteroatoms. The Morgan fingerprint density at radius 3 is 2.39 bits per heavy atom. The Hall–Kier alpha value is -6.11. The summed E-state index contributed by atoms with van der Waals surface area (Å²) in [5.74, 6) is -3.22. The van der Waals surface area contributed by atoms with Crippen LogP contribution < -0.4 is 14.9 Å². The number of piperidine rings is 2. The molecule has 7 heterocycles. The smallest absolute Gasteiger partial charge is 0.301 e. The van der Waals surface area contributed by atoms with Crippen LogP contribution in [0.4, 0.5) is 24.5 Å². The monoisotopic (exact) mass is 934 g/mol. The highest BCUT2D eigenvalue weighted by Gasteiger charge is 2.54. The summed E-state index contributed by atoms with van der Waals surface area (Å²) in [6.45, 7) is 4.96. The number of hydrogen-bond acceptors (Lipinski definition) is 9. The third-order valence-corrected chi connectivity index (χ3v) is 16.6. The Morgan fingerprint density at radius 1 is 0.896 bits per heavy atom. The lowest BCUT2D eigenvalue weighted by atomic mass is 9.77. The summed E-state index contributed by atoms with van der Waals surface area (Å²) in [7, 11) is -4.35. The van der Waals surface area contributed by atoms with Gasteiger partial charge in [0, 0.05) is 104 Å². The number of nitrogens with one attached hydrogen (secondary N) is 3. The molecule has 5 aliphatic heterocycles. The second-order valence-electron chi connectivity index (χ2n) is 19.1. The number of aromatic nitrogens is 2. The molecule has 14 nitrogen and oxygen atoms in total. The first-order valence-electron chi connectivity index (χ1n) is 23.0. The lowest BCUT2D eigenvalue weighted by Crippen LogP contribution is -2.54. The van der Waals surface area contributed by atoms with E-state index in [2.05, 4.69) is 48.0 Å².